The summed E-state index contributed by atoms with van der Waals surface area (Å²) in [5.41, 5.74) is 1.68. The third-order valence-electron chi connectivity index (χ3n) is 8.18. The topological polar surface area (TPSA) is 9.23 Å². The minimum Gasteiger partial charge on any atom is -0.317 e. The van der Waals surface area contributed by atoms with Crippen LogP contribution in [0.2, 0.25) is 0 Å². The Labute approximate surface area is 227 Å². The Morgan fingerprint density at radius 3 is 2.10 bits per heavy atom. The molecule has 1 nitrogen and oxygen atoms in total. The van der Waals surface area contributed by atoms with Gasteiger partial charge in [-0.05, 0) is 112 Å². The summed E-state index contributed by atoms with van der Waals surface area (Å²) in [7, 11) is 0. The summed E-state index contributed by atoms with van der Waals surface area (Å²) in [6, 6.07) is 7.08. The number of allylic oxidation sites excluding steroid dienone is 2. The van der Waals surface area contributed by atoms with Gasteiger partial charge in [0.25, 0.3) is 0 Å². The van der Waals surface area contributed by atoms with Gasteiger partial charge in [-0.15, -0.1) is 0 Å². The molecule has 0 amide bonds. The third-order valence-corrected chi connectivity index (χ3v) is 8.18. The highest BCUT2D eigenvalue weighted by atomic mass is 19.3. The van der Waals surface area contributed by atoms with Gasteiger partial charge in [0.15, 0.2) is 17.5 Å². The van der Waals surface area contributed by atoms with E-state index in [0.717, 1.165) is 17.7 Å². The van der Waals surface area contributed by atoms with E-state index in [1.54, 1.807) is 12.1 Å². The molecule has 7 heteroatoms. The molecule has 0 unspecified atom stereocenters. The van der Waals surface area contributed by atoms with Crippen LogP contribution in [-0.2, 0) is 11.2 Å². The Morgan fingerprint density at radius 1 is 0.821 bits per heavy atom. The Balaban J connectivity index is 1.19. The van der Waals surface area contributed by atoms with Gasteiger partial charge in [-0.2, -0.15) is 8.78 Å². The van der Waals surface area contributed by atoms with Gasteiger partial charge < -0.3 is 4.74 Å². The molecule has 0 N–H and O–H groups in total. The summed E-state index contributed by atoms with van der Waals surface area (Å²) in [4.78, 5) is 0. The van der Waals surface area contributed by atoms with E-state index in [-0.39, 0.29) is 17.7 Å². The lowest BCUT2D eigenvalue weighted by molar-refractivity contribution is -0.301. The molecule has 0 heterocycles. The highest BCUT2D eigenvalue weighted by Crippen LogP contribution is 2.42. The third kappa shape index (κ3) is 8.00. The van der Waals surface area contributed by atoms with Crippen LogP contribution in [0.5, 0.6) is 0 Å². The van der Waals surface area contributed by atoms with Gasteiger partial charge in [0.1, 0.15) is 5.82 Å². The number of hydrogen-bond donors (Lipinski definition) is 0. The maximum atomic E-state index is 15.0. The van der Waals surface area contributed by atoms with E-state index in [1.807, 2.05) is 31.2 Å². The van der Waals surface area contributed by atoms with E-state index >= 15 is 8.78 Å². The second-order valence-electron chi connectivity index (χ2n) is 11.0. The van der Waals surface area contributed by atoms with Gasteiger partial charge >= 0.3 is 6.11 Å². The Morgan fingerprint density at radius 2 is 1.49 bits per heavy atom. The minimum atomic E-state index is -3.19. The van der Waals surface area contributed by atoms with Crippen molar-refractivity contribution in [1.29, 1.82) is 0 Å². The molecule has 2 saturated carbocycles. The molecule has 0 radical (unpaired) electrons. The summed E-state index contributed by atoms with van der Waals surface area (Å²) in [6.07, 6.45) is 9.08. The Kier molecular flexibility index (Phi) is 9.97. The second kappa shape index (κ2) is 13.2. The fourth-order valence-corrected chi connectivity index (χ4v) is 5.84. The van der Waals surface area contributed by atoms with Crippen molar-refractivity contribution < 1.29 is 31.1 Å². The Hall–Kier alpha value is -2.54. The first-order valence-corrected chi connectivity index (χ1v) is 13.9. The lowest BCUT2D eigenvalue weighted by Crippen LogP contribution is -2.39. The summed E-state index contributed by atoms with van der Waals surface area (Å²) >= 11 is 0. The molecule has 0 spiro atoms. The van der Waals surface area contributed by atoms with Crippen LogP contribution in [0.4, 0.5) is 26.3 Å². The molecule has 0 aliphatic heterocycles. The van der Waals surface area contributed by atoms with Crippen molar-refractivity contribution in [2.75, 3.05) is 0 Å². The fraction of sp³-hybridized carbons (Fsp3) is 0.500. The van der Waals surface area contributed by atoms with Crippen molar-refractivity contribution in [3.63, 3.8) is 0 Å². The maximum Gasteiger partial charge on any atom is 0.358 e. The first-order chi connectivity index (χ1) is 18.6. The van der Waals surface area contributed by atoms with Gasteiger partial charge in [-0.1, -0.05) is 36.4 Å². The average Bonchev–Trinajstić information content (AvgIpc) is 2.91. The lowest BCUT2D eigenvalue weighted by atomic mass is 9.80. The number of hydrogen-bond acceptors (Lipinski definition) is 1. The van der Waals surface area contributed by atoms with Gasteiger partial charge in [-0.25, -0.2) is 17.6 Å². The number of alkyl halides is 2. The first-order valence-electron chi connectivity index (χ1n) is 13.9. The zero-order chi connectivity index (χ0) is 28.0. The number of rotatable bonds is 9. The van der Waals surface area contributed by atoms with E-state index in [1.165, 1.54) is 6.07 Å². The predicted octanol–water partition coefficient (Wildman–Crippen LogP) is 9.90. The molecule has 2 aromatic carbocycles. The molecule has 2 aliphatic carbocycles. The zero-order valence-electron chi connectivity index (χ0n) is 22.3. The summed E-state index contributed by atoms with van der Waals surface area (Å²) in [5.74, 6) is -4.62. The summed E-state index contributed by atoms with van der Waals surface area (Å²) < 4.78 is 89.6. The fourth-order valence-electron chi connectivity index (χ4n) is 5.84. The molecule has 2 fully saturated rings. The lowest BCUT2D eigenvalue weighted by Gasteiger charge is -2.36. The molecule has 39 heavy (non-hydrogen) atoms. The van der Waals surface area contributed by atoms with E-state index in [2.05, 4.69) is 0 Å². The molecule has 212 valence electrons. The van der Waals surface area contributed by atoms with Crippen LogP contribution in [0.15, 0.2) is 42.5 Å². The summed E-state index contributed by atoms with van der Waals surface area (Å²) in [5, 5.41) is 0. The quantitative estimate of drug-likeness (QED) is 0.223. The molecule has 2 aliphatic rings. The molecule has 0 saturated heterocycles. The van der Waals surface area contributed by atoms with Crippen molar-refractivity contribution >= 4 is 12.2 Å². The van der Waals surface area contributed by atoms with E-state index in [9.17, 15) is 17.6 Å². The Bertz CT molecular complexity index is 1130. The molecular formula is C32H36F6O. The number of ether oxygens (including phenoxy) is 1. The van der Waals surface area contributed by atoms with Crippen molar-refractivity contribution in [2.24, 2.45) is 17.8 Å². The SMILES string of the molecule is C/C=C/c1ccc(/C=C/C2CCC(C(F)(F)OC3CCC(CCc4cc(F)c(F)c(F)c4)CC3)CC2)c(F)c1. The van der Waals surface area contributed by atoms with E-state index in [0.29, 0.717) is 75.3 Å². The van der Waals surface area contributed by atoms with Crippen LogP contribution >= 0.6 is 0 Å². The highest BCUT2D eigenvalue weighted by molar-refractivity contribution is 5.56. The number of halogens is 6. The van der Waals surface area contributed by atoms with Crippen LogP contribution in [-0.4, -0.2) is 12.2 Å². The smallest absolute Gasteiger partial charge is 0.317 e. The van der Waals surface area contributed by atoms with Crippen molar-refractivity contribution in [2.45, 2.75) is 83.3 Å². The zero-order valence-corrected chi connectivity index (χ0v) is 22.3. The van der Waals surface area contributed by atoms with Crippen LogP contribution in [0.3, 0.4) is 0 Å². The molecule has 2 aromatic rings. The van der Waals surface area contributed by atoms with Crippen molar-refractivity contribution in [3.8, 4) is 0 Å². The monoisotopic (exact) mass is 550 g/mol. The minimum absolute atomic E-state index is 0.130. The van der Waals surface area contributed by atoms with Crippen LogP contribution < -0.4 is 0 Å². The maximum absolute atomic E-state index is 15.0. The predicted molar refractivity (Wildman–Crippen MR) is 142 cm³/mol. The van der Waals surface area contributed by atoms with Gasteiger partial charge in [0.05, 0.1) is 12.0 Å². The van der Waals surface area contributed by atoms with E-state index in [4.69, 9.17) is 4.74 Å². The van der Waals surface area contributed by atoms with Crippen molar-refractivity contribution in [3.05, 3.63) is 82.4 Å². The average molecular weight is 551 g/mol. The van der Waals surface area contributed by atoms with Gasteiger partial charge in [-0.3, -0.25) is 0 Å². The first kappa shape index (κ1) is 29.4. The second-order valence-corrected chi connectivity index (χ2v) is 11.0. The van der Waals surface area contributed by atoms with Gasteiger partial charge in [0.2, 0.25) is 0 Å². The van der Waals surface area contributed by atoms with Gasteiger partial charge in [0, 0.05) is 5.56 Å². The molecule has 0 aromatic heterocycles. The molecule has 0 bridgehead atoms. The number of benzene rings is 2. The molecule has 0 atom stereocenters. The largest absolute Gasteiger partial charge is 0.358 e. The van der Waals surface area contributed by atoms with Crippen LogP contribution in [0.1, 0.15) is 81.4 Å². The summed E-state index contributed by atoms with van der Waals surface area (Å²) in [6.45, 7) is 1.87. The highest BCUT2D eigenvalue weighted by Gasteiger charge is 2.44. The molecule has 4 rings (SSSR count). The number of aryl methyl sites for hydroxylation is 1. The normalized spacial score (nSPS) is 24.6. The van der Waals surface area contributed by atoms with E-state index < -0.39 is 35.6 Å². The standard InChI is InChI=1S/C32H36F6O/c1-2-3-23-7-13-25(28(33)18-23)12-6-22-8-14-26(15-9-22)32(37,38)39-27-16-10-21(11-17-27)4-5-24-19-29(34)31(36)30(35)20-24/h2-3,6-7,12-13,18-22,26-27H,4-5,8-11,14-17H2,1H3/b3-2+,12-6+. The molecular weight excluding hydrogens is 514 g/mol. The van der Waals surface area contributed by atoms with Crippen LogP contribution in [0, 0.1) is 41.0 Å². The van der Waals surface area contributed by atoms with Crippen LogP contribution in [0.25, 0.3) is 12.2 Å². The van der Waals surface area contributed by atoms with Crippen molar-refractivity contribution in [1.82, 2.24) is 0 Å².